The topological polar surface area (TPSA) is 76.0 Å². The fourth-order valence-electron chi connectivity index (χ4n) is 2.60. The third-order valence-corrected chi connectivity index (χ3v) is 3.98. The van der Waals surface area contributed by atoms with Gasteiger partial charge in [-0.2, -0.15) is 5.10 Å². The van der Waals surface area contributed by atoms with Crippen molar-refractivity contribution in [3.8, 4) is 11.3 Å². The fraction of sp³-hybridized carbons (Fsp3) is 0.150. The number of benzene rings is 2. The van der Waals surface area contributed by atoms with Crippen LogP contribution in [0.4, 0.5) is 4.39 Å². The molecule has 1 heterocycles. The maximum Gasteiger partial charge on any atom is 0.271 e. The van der Waals surface area contributed by atoms with E-state index in [1.807, 2.05) is 6.07 Å². The first-order valence-electron chi connectivity index (χ1n) is 8.46. The van der Waals surface area contributed by atoms with Gasteiger partial charge in [-0.15, -0.1) is 0 Å². The van der Waals surface area contributed by atoms with Crippen LogP contribution < -0.4 is 10.6 Å². The van der Waals surface area contributed by atoms with Crippen LogP contribution in [0.2, 0.25) is 0 Å². The number of aromatic nitrogens is 2. The lowest BCUT2D eigenvalue weighted by molar-refractivity contribution is 0.0924. The molecule has 2 amide bonds. The van der Waals surface area contributed by atoms with Crippen molar-refractivity contribution in [3.05, 3.63) is 77.7 Å². The highest BCUT2D eigenvalue weighted by atomic mass is 19.1. The molecule has 0 aliphatic rings. The summed E-state index contributed by atoms with van der Waals surface area (Å²) in [7, 11) is 1.72. The molecule has 0 saturated carbocycles. The Morgan fingerprint density at radius 2 is 1.59 bits per heavy atom. The average molecular weight is 366 g/mol. The van der Waals surface area contributed by atoms with Gasteiger partial charge in [-0.3, -0.25) is 14.3 Å². The minimum Gasteiger partial charge on any atom is -0.350 e. The van der Waals surface area contributed by atoms with Crippen LogP contribution in [0, 0.1) is 5.82 Å². The zero-order valence-corrected chi connectivity index (χ0v) is 14.8. The van der Waals surface area contributed by atoms with Crippen LogP contribution in [0.1, 0.15) is 20.8 Å². The molecule has 3 rings (SSSR count). The van der Waals surface area contributed by atoms with Crippen molar-refractivity contribution in [2.75, 3.05) is 13.1 Å². The Hall–Kier alpha value is -3.48. The van der Waals surface area contributed by atoms with E-state index in [4.69, 9.17) is 0 Å². The average Bonchev–Trinajstić information content (AvgIpc) is 3.08. The van der Waals surface area contributed by atoms with Crippen molar-refractivity contribution in [1.82, 2.24) is 20.4 Å². The SMILES string of the molecule is Cn1nc(C(=O)NCCNC(=O)c2ccccc2)cc1-c1ccc(F)cc1. The number of aryl methyl sites for hydroxylation is 1. The molecule has 7 heteroatoms. The summed E-state index contributed by atoms with van der Waals surface area (Å²) in [6, 6.07) is 16.5. The van der Waals surface area contributed by atoms with E-state index in [1.165, 1.54) is 12.1 Å². The minimum atomic E-state index is -0.340. The van der Waals surface area contributed by atoms with E-state index in [0.717, 1.165) is 5.56 Å². The first-order chi connectivity index (χ1) is 13.0. The van der Waals surface area contributed by atoms with Gasteiger partial charge in [0.25, 0.3) is 11.8 Å². The molecular formula is C20H19FN4O2. The van der Waals surface area contributed by atoms with E-state index in [0.29, 0.717) is 17.8 Å². The van der Waals surface area contributed by atoms with Crippen LogP contribution in [0.3, 0.4) is 0 Å². The second-order valence-corrected chi connectivity index (χ2v) is 5.92. The Morgan fingerprint density at radius 1 is 0.963 bits per heavy atom. The molecule has 0 saturated heterocycles. The molecule has 0 bridgehead atoms. The van der Waals surface area contributed by atoms with Crippen molar-refractivity contribution in [1.29, 1.82) is 0 Å². The molecule has 138 valence electrons. The first-order valence-corrected chi connectivity index (χ1v) is 8.46. The van der Waals surface area contributed by atoms with Crippen LogP contribution in [-0.4, -0.2) is 34.7 Å². The third kappa shape index (κ3) is 4.58. The molecule has 0 unspecified atom stereocenters. The van der Waals surface area contributed by atoms with Gasteiger partial charge in [0.2, 0.25) is 0 Å². The largest absolute Gasteiger partial charge is 0.350 e. The number of nitrogens with one attached hydrogen (secondary N) is 2. The molecule has 2 N–H and O–H groups in total. The highest BCUT2D eigenvalue weighted by molar-refractivity contribution is 5.94. The summed E-state index contributed by atoms with van der Waals surface area (Å²) in [5, 5.41) is 9.65. The molecule has 1 aromatic heterocycles. The Labute approximate surface area is 156 Å². The summed E-state index contributed by atoms with van der Waals surface area (Å²) in [5.41, 5.74) is 2.29. The Bertz CT molecular complexity index is 936. The Kier molecular flexibility index (Phi) is 5.61. The van der Waals surface area contributed by atoms with Gasteiger partial charge in [-0.05, 0) is 48.0 Å². The summed E-state index contributed by atoms with van der Waals surface area (Å²) < 4.78 is 14.6. The maximum atomic E-state index is 13.1. The van der Waals surface area contributed by atoms with Crippen LogP contribution in [-0.2, 0) is 7.05 Å². The number of amides is 2. The zero-order valence-electron chi connectivity index (χ0n) is 14.8. The molecule has 0 radical (unpaired) electrons. The van der Waals surface area contributed by atoms with Crippen molar-refractivity contribution in [2.45, 2.75) is 0 Å². The number of halogens is 1. The molecule has 2 aromatic carbocycles. The van der Waals surface area contributed by atoms with Crippen LogP contribution in [0.25, 0.3) is 11.3 Å². The number of hydrogen-bond donors (Lipinski definition) is 2. The summed E-state index contributed by atoms with van der Waals surface area (Å²) in [6.45, 7) is 0.580. The highest BCUT2D eigenvalue weighted by Gasteiger charge is 2.14. The standard InChI is InChI=1S/C20H19FN4O2/c1-25-18(14-7-9-16(21)10-8-14)13-17(24-25)20(27)23-12-11-22-19(26)15-5-3-2-4-6-15/h2-10,13H,11-12H2,1H3,(H,22,26)(H,23,27). The third-order valence-electron chi connectivity index (χ3n) is 3.98. The van der Waals surface area contributed by atoms with Gasteiger partial charge < -0.3 is 10.6 Å². The number of nitrogens with zero attached hydrogens (tertiary/aromatic N) is 2. The van der Waals surface area contributed by atoms with Crippen molar-refractivity contribution in [3.63, 3.8) is 0 Å². The van der Waals surface area contributed by atoms with Crippen LogP contribution in [0.15, 0.2) is 60.7 Å². The van der Waals surface area contributed by atoms with Crippen LogP contribution in [0.5, 0.6) is 0 Å². The van der Waals surface area contributed by atoms with Crippen molar-refractivity contribution < 1.29 is 14.0 Å². The summed E-state index contributed by atoms with van der Waals surface area (Å²) in [5.74, 6) is -0.856. The Morgan fingerprint density at radius 3 is 2.26 bits per heavy atom. The van der Waals surface area contributed by atoms with Gasteiger partial charge in [0.1, 0.15) is 5.82 Å². The molecule has 0 atom stereocenters. The molecule has 0 fully saturated rings. The smallest absolute Gasteiger partial charge is 0.271 e. The van der Waals surface area contributed by atoms with Crippen molar-refractivity contribution in [2.24, 2.45) is 7.05 Å². The van der Waals surface area contributed by atoms with E-state index in [1.54, 1.807) is 54.2 Å². The van der Waals surface area contributed by atoms with Gasteiger partial charge in [-0.25, -0.2) is 4.39 Å². The quantitative estimate of drug-likeness (QED) is 0.658. The summed E-state index contributed by atoms with van der Waals surface area (Å²) in [6.07, 6.45) is 0. The summed E-state index contributed by atoms with van der Waals surface area (Å²) >= 11 is 0. The first kappa shape index (κ1) is 18.3. The zero-order chi connectivity index (χ0) is 19.2. The lowest BCUT2D eigenvalue weighted by Crippen LogP contribution is -2.34. The Balaban J connectivity index is 1.53. The molecule has 27 heavy (non-hydrogen) atoms. The van der Waals surface area contributed by atoms with E-state index >= 15 is 0 Å². The number of hydrogen-bond acceptors (Lipinski definition) is 3. The predicted molar refractivity (Wildman–Crippen MR) is 99.7 cm³/mol. The molecule has 0 aliphatic carbocycles. The number of carbonyl (C=O) groups is 2. The van der Waals surface area contributed by atoms with E-state index in [-0.39, 0.29) is 29.9 Å². The second kappa shape index (κ2) is 8.27. The lowest BCUT2D eigenvalue weighted by atomic mass is 10.1. The highest BCUT2D eigenvalue weighted by Crippen LogP contribution is 2.20. The monoisotopic (exact) mass is 366 g/mol. The molecule has 0 aliphatic heterocycles. The van der Waals surface area contributed by atoms with Gasteiger partial charge in [-0.1, -0.05) is 18.2 Å². The van der Waals surface area contributed by atoms with E-state index in [9.17, 15) is 14.0 Å². The maximum absolute atomic E-state index is 13.1. The molecule has 3 aromatic rings. The lowest BCUT2D eigenvalue weighted by Gasteiger charge is -2.06. The van der Waals surface area contributed by atoms with Gasteiger partial charge >= 0.3 is 0 Å². The summed E-state index contributed by atoms with van der Waals surface area (Å²) in [4.78, 5) is 24.2. The number of rotatable bonds is 6. The van der Waals surface area contributed by atoms with Gasteiger partial charge in [0, 0.05) is 25.7 Å². The van der Waals surface area contributed by atoms with Gasteiger partial charge in [0.15, 0.2) is 5.69 Å². The van der Waals surface area contributed by atoms with Crippen molar-refractivity contribution >= 4 is 11.8 Å². The van der Waals surface area contributed by atoms with E-state index < -0.39 is 0 Å². The van der Waals surface area contributed by atoms with Crippen LogP contribution >= 0.6 is 0 Å². The second-order valence-electron chi connectivity index (χ2n) is 5.92. The molecule has 6 nitrogen and oxygen atoms in total. The fourth-order valence-corrected chi connectivity index (χ4v) is 2.60. The minimum absolute atomic E-state index is 0.193. The normalized spacial score (nSPS) is 10.4. The molecular weight excluding hydrogens is 347 g/mol. The molecule has 0 spiro atoms. The van der Waals surface area contributed by atoms with Gasteiger partial charge in [0.05, 0.1) is 5.69 Å². The number of carbonyl (C=O) groups excluding carboxylic acids is 2. The van der Waals surface area contributed by atoms with E-state index in [2.05, 4.69) is 15.7 Å². The predicted octanol–water partition coefficient (Wildman–Crippen LogP) is 2.39.